The van der Waals surface area contributed by atoms with Crippen LogP contribution in [0.1, 0.15) is 38.3 Å². The number of hydrogen-bond acceptors (Lipinski definition) is 8. The summed E-state index contributed by atoms with van der Waals surface area (Å²) in [5, 5.41) is 8.28. The molecular weight excluding hydrogens is 460 g/mol. The fourth-order valence-electron chi connectivity index (χ4n) is 5.11. The van der Waals surface area contributed by atoms with Gasteiger partial charge in [0, 0.05) is 29.3 Å². The van der Waals surface area contributed by atoms with Gasteiger partial charge in [-0.3, -0.25) is 4.79 Å². The molecule has 2 aliphatic rings. The number of para-hydroxylation sites is 1. The van der Waals surface area contributed by atoms with Crippen LogP contribution in [0.5, 0.6) is 23.0 Å². The van der Waals surface area contributed by atoms with E-state index in [2.05, 4.69) is 19.2 Å². The number of fused-ring (bicyclic) bond motifs is 1. The topological polar surface area (TPSA) is 96.7 Å². The summed E-state index contributed by atoms with van der Waals surface area (Å²) in [4.78, 5) is 18.4. The summed E-state index contributed by atoms with van der Waals surface area (Å²) in [5.41, 5.74) is 2.82. The first-order valence-corrected chi connectivity index (χ1v) is 11.7. The van der Waals surface area contributed by atoms with E-state index in [9.17, 15) is 4.79 Å². The number of carbonyl (C=O) groups is 1. The molecule has 1 aliphatic carbocycles. The molecule has 0 spiro atoms. The highest BCUT2D eigenvalue weighted by molar-refractivity contribution is 6.00. The molecular formula is C27H30N4O5. The number of methoxy groups -OCH3 is 4. The maximum absolute atomic E-state index is 13.6. The molecule has 1 aromatic heterocycles. The lowest BCUT2D eigenvalue weighted by Crippen LogP contribution is -2.36. The normalized spacial score (nSPS) is 18.2. The minimum Gasteiger partial charge on any atom is -0.496 e. The van der Waals surface area contributed by atoms with Gasteiger partial charge in [0.15, 0.2) is 23.1 Å². The Morgan fingerprint density at radius 3 is 2.28 bits per heavy atom. The Kier molecular flexibility index (Phi) is 5.86. The third kappa shape index (κ3) is 3.84. The van der Waals surface area contributed by atoms with Crippen LogP contribution in [0.3, 0.4) is 0 Å². The maximum Gasteiger partial charge on any atom is 0.226 e. The Hall–Kier alpha value is -4.01. The molecule has 3 aromatic rings. The lowest BCUT2D eigenvalue weighted by atomic mass is 9.73. The van der Waals surface area contributed by atoms with E-state index in [1.807, 2.05) is 30.3 Å². The Morgan fingerprint density at radius 2 is 1.58 bits per heavy atom. The van der Waals surface area contributed by atoms with Crippen LogP contribution in [-0.4, -0.2) is 49.0 Å². The van der Waals surface area contributed by atoms with Gasteiger partial charge in [-0.15, -0.1) is 5.10 Å². The molecule has 36 heavy (non-hydrogen) atoms. The van der Waals surface area contributed by atoms with Gasteiger partial charge < -0.3 is 24.3 Å². The number of rotatable bonds is 6. The van der Waals surface area contributed by atoms with Crippen molar-refractivity contribution in [3.05, 3.63) is 53.2 Å². The molecule has 0 saturated heterocycles. The first-order valence-electron chi connectivity index (χ1n) is 11.7. The molecule has 0 bridgehead atoms. The quantitative estimate of drug-likeness (QED) is 0.534. The van der Waals surface area contributed by atoms with E-state index in [1.54, 1.807) is 39.2 Å². The zero-order valence-corrected chi connectivity index (χ0v) is 21.3. The first-order chi connectivity index (χ1) is 17.3. The Balaban J connectivity index is 1.76. The molecule has 0 fully saturated rings. The number of carbonyl (C=O) groups excluding carboxylic acids is 1. The van der Waals surface area contributed by atoms with Crippen LogP contribution in [-0.2, 0) is 4.79 Å². The predicted octanol–water partition coefficient (Wildman–Crippen LogP) is 4.64. The molecule has 9 heteroatoms. The van der Waals surface area contributed by atoms with Crippen molar-refractivity contribution in [3.63, 3.8) is 0 Å². The molecule has 2 heterocycles. The highest BCUT2D eigenvalue weighted by Crippen LogP contribution is 2.49. The van der Waals surface area contributed by atoms with Crippen LogP contribution >= 0.6 is 0 Å². The number of anilines is 1. The second-order valence-electron chi connectivity index (χ2n) is 9.71. The number of benzene rings is 2. The van der Waals surface area contributed by atoms with E-state index in [0.717, 1.165) is 16.8 Å². The molecule has 9 nitrogen and oxygen atoms in total. The summed E-state index contributed by atoms with van der Waals surface area (Å²) in [5.74, 6) is 3.39. The van der Waals surface area contributed by atoms with Crippen molar-refractivity contribution in [2.24, 2.45) is 5.41 Å². The number of aromatic nitrogens is 3. The largest absolute Gasteiger partial charge is 0.496 e. The summed E-state index contributed by atoms with van der Waals surface area (Å²) in [6.07, 6.45) is 1.14. The average molecular weight is 491 g/mol. The van der Waals surface area contributed by atoms with E-state index in [1.165, 1.54) is 0 Å². The monoisotopic (exact) mass is 490 g/mol. The van der Waals surface area contributed by atoms with Crippen LogP contribution in [0, 0.1) is 5.41 Å². The highest BCUT2D eigenvalue weighted by atomic mass is 16.5. The third-order valence-corrected chi connectivity index (χ3v) is 6.71. The number of hydrogen-bond donors (Lipinski definition) is 1. The van der Waals surface area contributed by atoms with Gasteiger partial charge >= 0.3 is 0 Å². The van der Waals surface area contributed by atoms with Crippen molar-refractivity contribution in [1.29, 1.82) is 0 Å². The summed E-state index contributed by atoms with van der Waals surface area (Å²) in [6, 6.07) is 10.6. The molecule has 5 rings (SSSR count). The van der Waals surface area contributed by atoms with E-state index in [0.29, 0.717) is 53.2 Å². The van der Waals surface area contributed by atoms with Crippen molar-refractivity contribution >= 4 is 11.7 Å². The fourth-order valence-corrected chi connectivity index (χ4v) is 5.11. The summed E-state index contributed by atoms with van der Waals surface area (Å²) >= 11 is 0. The summed E-state index contributed by atoms with van der Waals surface area (Å²) in [7, 11) is 6.36. The smallest absolute Gasteiger partial charge is 0.226 e. The SMILES string of the molecule is COc1cc(OC)c(C2C3=C(CC(C)(C)CC3=O)Nc3nc(-c4ccccc4OC)nn32)cc1OC. The third-order valence-electron chi connectivity index (χ3n) is 6.71. The lowest BCUT2D eigenvalue weighted by Gasteiger charge is -2.38. The molecule has 1 unspecified atom stereocenters. The second kappa shape index (κ2) is 8.89. The van der Waals surface area contributed by atoms with Gasteiger partial charge in [0.25, 0.3) is 0 Å². The number of nitrogens with one attached hydrogen (secondary N) is 1. The summed E-state index contributed by atoms with van der Waals surface area (Å²) in [6.45, 7) is 4.20. The highest BCUT2D eigenvalue weighted by Gasteiger charge is 2.43. The van der Waals surface area contributed by atoms with Gasteiger partial charge in [-0.1, -0.05) is 26.0 Å². The average Bonchev–Trinajstić information content (AvgIpc) is 3.29. The van der Waals surface area contributed by atoms with Gasteiger partial charge in [-0.25, -0.2) is 4.68 Å². The molecule has 188 valence electrons. The Bertz CT molecular complexity index is 1370. The molecule has 0 amide bonds. The zero-order valence-electron chi connectivity index (χ0n) is 21.3. The molecule has 2 aromatic carbocycles. The van der Waals surface area contributed by atoms with Gasteiger partial charge in [-0.05, 0) is 30.0 Å². The molecule has 0 radical (unpaired) electrons. The number of allylic oxidation sites excluding steroid dienone is 2. The van der Waals surface area contributed by atoms with E-state index in [4.69, 9.17) is 29.0 Å². The minimum absolute atomic E-state index is 0.0654. The van der Waals surface area contributed by atoms with Crippen LogP contribution in [0.15, 0.2) is 47.7 Å². The molecule has 1 N–H and O–H groups in total. The van der Waals surface area contributed by atoms with E-state index < -0.39 is 6.04 Å². The molecule has 0 saturated carbocycles. The molecule has 1 aliphatic heterocycles. The second-order valence-corrected chi connectivity index (χ2v) is 9.71. The Labute approximate surface area is 210 Å². The van der Waals surface area contributed by atoms with Crippen molar-refractivity contribution in [2.45, 2.75) is 32.7 Å². The predicted molar refractivity (Wildman–Crippen MR) is 135 cm³/mol. The zero-order chi connectivity index (χ0) is 25.6. The van der Waals surface area contributed by atoms with Crippen LogP contribution in [0.2, 0.25) is 0 Å². The van der Waals surface area contributed by atoms with Crippen molar-refractivity contribution in [2.75, 3.05) is 33.8 Å². The number of ketones is 1. The summed E-state index contributed by atoms with van der Waals surface area (Å²) < 4.78 is 24.2. The first kappa shape index (κ1) is 23.7. The number of ether oxygens (including phenoxy) is 4. The Morgan fingerprint density at radius 1 is 0.917 bits per heavy atom. The van der Waals surface area contributed by atoms with Crippen LogP contribution in [0.4, 0.5) is 5.95 Å². The standard InChI is InChI=1S/C27H30N4O5/c1-27(2)13-17-23(18(32)14-27)24(16-11-21(35-5)22(36-6)12-20(16)34-4)31-26(28-17)29-25(30-31)15-9-7-8-10-19(15)33-3/h7-12,24H,13-14H2,1-6H3,(H,28,29,30). The van der Waals surface area contributed by atoms with Gasteiger partial charge in [0.2, 0.25) is 5.95 Å². The van der Waals surface area contributed by atoms with Gasteiger partial charge in [-0.2, -0.15) is 4.98 Å². The van der Waals surface area contributed by atoms with Crippen molar-refractivity contribution < 1.29 is 23.7 Å². The fraction of sp³-hybridized carbons (Fsp3) is 0.370. The lowest BCUT2D eigenvalue weighted by molar-refractivity contribution is -0.118. The minimum atomic E-state index is -0.564. The van der Waals surface area contributed by atoms with E-state index >= 15 is 0 Å². The van der Waals surface area contributed by atoms with Gasteiger partial charge in [0.1, 0.15) is 17.5 Å². The van der Waals surface area contributed by atoms with Crippen LogP contribution < -0.4 is 24.3 Å². The van der Waals surface area contributed by atoms with Crippen LogP contribution in [0.25, 0.3) is 11.4 Å². The van der Waals surface area contributed by atoms with Gasteiger partial charge in [0.05, 0.1) is 34.0 Å². The molecule has 1 atom stereocenters. The van der Waals surface area contributed by atoms with Crippen molar-refractivity contribution in [1.82, 2.24) is 14.8 Å². The van der Waals surface area contributed by atoms with Crippen molar-refractivity contribution in [3.8, 4) is 34.4 Å². The maximum atomic E-state index is 13.6. The number of nitrogens with zero attached hydrogens (tertiary/aromatic N) is 3. The number of Topliss-reactive ketones (excluding diaryl/α,β-unsaturated/α-hetero) is 1. The van der Waals surface area contributed by atoms with E-state index in [-0.39, 0.29) is 11.2 Å².